The second kappa shape index (κ2) is 16.6. The zero-order chi connectivity index (χ0) is 40.6. The molecule has 0 amide bonds. The Morgan fingerprint density at radius 3 is 1.75 bits per heavy atom. The first kappa shape index (κ1) is 41.3. The van der Waals surface area contributed by atoms with Crippen molar-refractivity contribution in [2.75, 3.05) is 13.2 Å². The number of H-pyrrole nitrogens is 3. The zero-order valence-electron chi connectivity index (χ0n) is 30.5. The van der Waals surface area contributed by atoms with Gasteiger partial charge in [-0.05, 0) is 39.5 Å². The summed E-state index contributed by atoms with van der Waals surface area (Å²) in [4.78, 5) is 104. The number of aliphatic hydroxyl groups excluding tert-OH is 2. The van der Waals surface area contributed by atoms with E-state index in [2.05, 4.69) is 15.0 Å². The minimum atomic E-state index is -4.96. The van der Waals surface area contributed by atoms with Gasteiger partial charge in [-0.25, -0.2) is 18.9 Å². The number of aromatic nitrogens is 6. The van der Waals surface area contributed by atoms with Crippen LogP contribution in [0.25, 0.3) is 0 Å². The lowest BCUT2D eigenvalue weighted by Gasteiger charge is -2.23. The number of nitrogens with one attached hydrogen (secondary N) is 3. The number of aromatic amines is 3. The number of ether oxygens (including phenoxy) is 3. The molecule has 22 nitrogen and oxygen atoms in total. The maximum Gasteiger partial charge on any atom is 0.472 e. The normalized spacial score (nSPS) is 28.8. The third-order valence-electron chi connectivity index (χ3n) is 10.2. The van der Waals surface area contributed by atoms with E-state index in [1.807, 2.05) is 0 Å². The molecule has 6 heterocycles. The Morgan fingerprint density at radius 1 is 0.768 bits per heavy atom. The number of phosphoric acid groups is 1. The molecule has 3 fully saturated rings. The highest BCUT2D eigenvalue weighted by atomic mass is 31.2. The van der Waals surface area contributed by atoms with E-state index in [1.165, 1.54) is 43.9 Å². The lowest BCUT2D eigenvalue weighted by Crippen LogP contribution is -2.33. The Labute approximate surface area is 315 Å². The minimum absolute atomic E-state index is 0.0596. The number of ketones is 1. The van der Waals surface area contributed by atoms with Crippen LogP contribution in [-0.2, 0) is 32.6 Å². The van der Waals surface area contributed by atoms with Crippen molar-refractivity contribution >= 4 is 13.6 Å². The SMILES string of the molecule is Cc1cn([C@H]2C[C@H](CC(=O)CC[C@H]3O[C@@H](n4cc(C)c(=O)[nH]c4=O)C[C@@H]3OP(=O)(O)OC[C@H]3O[C@@H](n4cc(C)c(=O)[nH]c4=O)C[C@@H]3O)[C@@H](CO)O2)c(=O)[nH]c1=O. The smallest absolute Gasteiger partial charge is 0.394 e. The van der Waals surface area contributed by atoms with Crippen molar-refractivity contribution < 1.29 is 47.7 Å². The first-order valence-corrected chi connectivity index (χ1v) is 19.3. The van der Waals surface area contributed by atoms with Gasteiger partial charge < -0.3 is 29.3 Å². The number of rotatable bonds is 14. The summed E-state index contributed by atoms with van der Waals surface area (Å²) in [5, 5.41) is 20.6. The number of nitrogens with zero attached hydrogens (tertiary/aromatic N) is 3. The van der Waals surface area contributed by atoms with Crippen molar-refractivity contribution in [2.45, 2.75) is 108 Å². The summed E-state index contributed by atoms with van der Waals surface area (Å²) in [5.41, 5.74) is -3.38. The van der Waals surface area contributed by atoms with Crippen molar-refractivity contribution in [1.29, 1.82) is 0 Å². The van der Waals surface area contributed by atoms with Crippen LogP contribution in [0.5, 0.6) is 0 Å². The molecule has 6 N–H and O–H groups in total. The van der Waals surface area contributed by atoms with Gasteiger partial charge in [0.25, 0.3) is 16.7 Å². The number of aliphatic hydroxyl groups is 2. The Bertz CT molecular complexity index is 2360. The third kappa shape index (κ3) is 9.09. The summed E-state index contributed by atoms with van der Waals surface area (Å²) in [6, 6.07) is 0. The Kier molecular flexibility index (Phi) is 12.2. The molecule has 3 aromatic rings. The van der Waals surface area contributed by atoms with Crippen LogP contribution in [0.3, 0.4) is 0 Å². The van der Waals surface area contributed by atoms with E-state index in [0.717, 1.165) is 9.13 Å². The number of carbonyl (C=O) groups is 1. The minimum Gasteiger partial charge on any atom is -0.394 e. The van der Waals surface area contributed by atoms with Crippen molar-refractivity contribution in [1.82, 2.24) is 28.7 Å². The summed E-state index contributed by atoms with van der Waals surface area (Å²) in [7, 11) is -4.96. The molecule has 0 bridgehead atoms. The van der Waals surface area contributed by atoms with E-state index >= 15 is 0 Å². The van der Waals surface area contributed by atoms with Crippen LogP contribution < -0.4 is 33.7 Å². The molecule has 56 heavy (non-hydrogen) atoms. The highest BCUT2D eigenvalue weighted by Crippen LogP contribution is 2.49. The molecule has 0 spiro atoms. The standard InChI is InChI=1S/C33H43N6O16P/c1-15-10-37(31(46)34-28(15)43)25-7-18(23(13-40)53-25)6-19(41)4-5-21-22(9-27(52-21)39-12-17(3)30(45)36-33(39)48)55-56(49,50)51-14-24-20(42)8-26(54-24)38-11-16(2)29(44)35-32(38)47/h10-12,18,20-27,40,42H,4-9,13-14H2,1-3H3,(H,49,50)(H,34,43,46)(H,35,44,47)(H,36,45,48)/t18-,20-,21+,22-,23+,24+,25+,26+,27+/m0/s1. The van der Waals surface area contributed by atoms with Gasteiger partial charge in [-0.2, -0.15) is 0 Å². The van der Waals surface area contributed by atoms with Gasteiger partial charge in [0, 0.05) is 61.0 Å². The lowest BCUT2D eigenvalue weighted by molar-refractivity contribution is -0.122. The fourth-order valence-corrected chi connectivity index (χ4v) is 8.07. The second-order valence-electron chi connectivity index (χ2n) is 14.2. The predicted octanol–water partition coefficient (Wildman–Crippen LogP) is -1.36. The monoisotopic (exact) mass is 810 g/mol. The van der Waals surface area contributed by atoms with Crippen LogP contribution in [0.2, 0.25) is 0 Å². The quantitative estimate of drug-likeness (QED) is 0.102. The van der Waals surface area contributed by atoms with Gasteiger partial charge in [0.15, 0.2) is 0 Å². The van der Waals surface area contributed by atoms with E-state index in [-0.39, 0.29) is 61.0 Å². The topological polar surface area (TPSA) is 306 Å². The average molecular weight is 811 g/mol. The van der Waals surface area contributed by atoms with E-state index in [4.69, 9.17) is 23.3 Å². The maximum atomic E-state index is 13.3. The number of hydrogen-bond donors (Lipinski definition) is 6. The van der Waals surface area contributed by atoms with Gasteiger partial charge in [-0.15, -0.1) is 0 Å². The first-order valence-electron chi connectivity index (χ1n) is 17.8. The fraction of sp³-hybridized carbons (Fsp3) is 0.606. The molecule has 23 heteroatoms. The number of hydrogen-bond acceptors (Lipinski definition) is 15. The lowest BCUT2D eigenvalue weighted by atomic mass is 9.92. The van der Waals surface area contributed by atoms with Crippen LogP contribution in [0.15, 0.2) is 47.4 Å². The van der Waals surface area contributed by atoms with Gasteiger partial charge in [0.2, 0.25) is 0 Å². The average Bonchev–Trinajstić information content (AvgIpc) is 3.83. The largest absolute Gasteiger partial charge is 0.472 e. The Hall–Kier alpha value is -4.38. The van der Waals surface area contributed by atoms with Crippen LogP contribution in [0, 0.1) is 26.7 Å². The summed E-state index contributed by atoms with van der Waals surface area (Å²) < 4.78 is 45.0. The van der Waals surface area contributed by atoms with Crippen LogP contribution in [0.4, 0.5) is 0 Å². The number of carbonyl (C=O) groups excluding carboxylic acids is 1. The molecule has 0 radical (unpaired) electrons. The molecule has 3 aliphatic rings. The summed E-state index contributed by atoms with van der Waals surface area (Å²) >= 11 is 0. The van der Waals surface area contributed by atoms with Gasteiger partial charge in [0.1, 0.15) is 30.6 Å². The van der Waals surface area contributed by atoms with Gasteiger partial charge in [0.05, 0.1) is 37.6 Å². The first-order chi connectivity index (χ1) is 26.4. The van der Waals surface area contributed by atoms with Crippen LogP contribution >= 0.6 is 7.82 Å². The molecular weight excluding hydrogens is 767 g/mol. The molecule has 306 valence electrons. The molecule has 6 rings (SSSR count). The predicted molar refractivity (Wildman–Crippen MR) is 190 cm³/mol. The number of Topliss-reactive ketones (excluding diaryl/α,β-unsaturated/α-hetero) is 1. The molecular formula is C33H43N6O16P. The van der Waals surface area contributed by atoms with Crippen LogP contribution in [0.1, 0.15) is 73.9 Å². The van der Waals surface area contributed by atoms with Gasteiger partial charge >= 0.3 is 24.9 Å². The van der Waals surface area contributed by atoms with E-state index in [0.29, 0.717) is 0 Å². The zero-order valence-corrected chi connectivity index (χ0v) is 31.4. The molecule has 1 unspecified atom stereocenters. The Morgan fingerprint density at radius 2 is 1.23 bits per heavy atom. The van der Waals surface area contributed by atoms with Crippen molar-refractivity contribution in [3.8, 4) is 0 Å². The van der Waals surface area contributed by atoms with Crippen molar-refractivity contribution in [3.05, 3.63) is 97.8 Å². The van der Waals surface area contributed by atoms with E-state index in [1.54, 1.807) is 0 Å². The summed E-state index contributed by atoms with van der Waals surface area (Å²) in [6.45, 7) is 3.37. The molecule has 3 saturated heterocycles. The molecule has 0 aromatic carbocycles. The summed E-state index contributed by atoms with van der Waals surface area (Å²) in [6.07, 6.45) is -4.96. The number of phosphoric ester groups is 1. The van der Waals surface area contributed by atoms with Gasteiger partial charge in [-0.3, -0.25) is 56.9 Å². The Balaban J connectivity index is 1.11. The van der Waals surface area contributed by atoms with E-state index in [9.17, 15) is 53.2 Å². The highest BCUT2D eigenvalue weighted by Gasteiger charge is 2.44. The van der Waals surface area contributed by atoms with Gasteiger partial charge in [-0.1, -0.05) is 0 Å². The molecule has 3 aliphatic heterocycles. The summed E-state index contributed by atoms with van der Waals surface area (Å²) in [5.74, 6) is -0.804. The van der Waals surface area contributed by atoms with Crippen molar-refractivity contribution in [3.63, 3.8) is 0 Å². The highest BCUT2D eigenvalue weighted by molar-refractivity contribution is 7.47. The molecule has 10 atom stereocenters. The fourth-order valence-electron chi connectivity index (χ4n) is 7.11. The van der Waals surface area contributed by atoms with E-state index < -0.39 is 110 Å². The van der Waals surface area contributed by atoms with Crippen molar-refractivity contribution in [2.24, 2.45) is 5.92 Å². The third-order valence-corrected chi connectivity index (χ3v) is 11.2. The molecule has 0 aliphatic carbocycles. The maximum absolute atomic E-state index is 13.3. The second-order valence-corrected chi connectivity index (χ2v) is 15.6. The molecule has 0 saturated carbocycles. The van der Waals surface area contributed by atoms with Crippen LogP contribution in [-0.4, -0.2) is 93.3 Å². The molecule has 3 aromatic heterocycles. The number of aryl methyl sites for hydroxylation is 3.